The lowest BCUT2D eigenvalue weighted by Gasteiger charge is -2.20. The Morgan fingerprint density at radius 1 is 1.03 bits per heavy atom. The van der Waals surface area contributed by atoms with Crippen LogP contribution in [0.25, 0.3) is 33.4 Å². The summed E-state index contributed by atoms with van der Waals surface area (Å²) in [4.78, 5) is 0. The monoisotopic (exact) mass is 417 g/mol. The van der Waals surface area contributed by atoms with Gasteiger partial charge in [0.25, 0.3) is 0 Å². The minimum Gasteiger partial charge on any atom is -0.507 e. The summed E-state index contributed by atoms with van der Waals surface area (Å²) in [5, 5.41) is 32.8. The average molecular weight is 418 g/mol. The number of aromatic hydroxyl groups is 1. The fraction of sp³-hybridized carbons (Fsp3) is 0.391. The first kappa shape index (κ1) is 19.7. The molecule has 3 aromatic heterocycles. The summed E-state index contributed by atoms with van der Waals surface area (Å²) < 4.78 is 3.78. The molecule has 0 saturated heterocycles. The molecule has 2 atom stereocenters. The van der Waals surface area contributed by atoms with Crippen LogP contribution < -0.4 is 5.32 Å². The third kappa shape index (κ3) is 3.79. The number of hydrogen-bond acceptors (Lipinski definition) is 6. The predicted molar refractivity (Wildman–Crippen MR) is 120 cm³/mol. The minimum absolute atomic E-state index is 0.169. The lowest BCUT2D eigenvalue weighted by atomic mass is 10.0. The van der Waals surface area contributed by atoms with E-state index in [0.717, 1.165) is 35.0 Å². The Bertz CT molecular complexity index is 1210. The Balaban J connectivity index is 1.46. The zero-order chi connectivity index (χ0) is 21.4. The summed E-state index contributed by atoms with van der Waals surface area (Å²) in [6.07, 6.45) is 11.4. The smallest absolute Gasteiger partial charge is 0.180 e. The molecule has 0 spiro atoms. The van der Waals surface area contributed by atoms with Gasteiger partial charge in [-0.05, 0) is 50.1 Å². The van der Waals surface area contributed by atoms with Gasteiger partial charge in [0.15, 0.2) is 5.65 Å². The number of aryl methyl sites for hydroxylation is 1. The number of nitrogens with one attached hydrogen (secondary N) is 1. The largest absolute Gasteiger partial charge is 0.507 e. The maximum atomic E-state index is 10.7. The number of nitrogens with zero attached hydrogens (tertiary/aromatic N) is 6. The van der Waals surface area contributed by atoms with Crippen molar-refractivity contribution in [2.75, 3.05) is 7.05 Å². The van der Waals surface area contributed by atoms with Crippen molar-refractivity contribution in [2.24, 2.45) is 7.05 Å². The SMILES string of the molecule is CN[C@H]1CCCC[C@@H](n2ncc3cc(-c4ccc(-c5cnn(C)c5)cc4O)nnc32)C1. The van der Waals surface area contributed by atoms with E-state index in [1.807, 2.05) is 49.4 Å². The molecule has 31 heavy (non-hydrogen) atoms. The topological polar surface area (TPSA) is 93.7 Å². The number of benzene rings is 1. The molecule has 2 N–H and O–H groups in total. The van der Waals surface area contributed by atoms with Crippen LogP contribution in [0.5, 0.6) is 5.75 Å². The number of aromatic nitrogens is 6. The highest BCUT2D eigenvalue weighted by atomic mass is 16.3. The second-order valence-corrected chi connectivity index (χ2v) is 8.39. The summed E-state index contributed by atoms with van der Waals surface area (Å²) in [6.45, 7) is 0. The zero-order valence-electron chi connectivity index (χ0n) is 17.9. The molecule has 1 aliphatic carbocycles. The van der Waals surface area contributed by atoms with Gasteiger partial charge in [-0.3, -0.25) is 4.68 Å². The lowest BCUT2D eigenvalue weighted by molar-refractivity contribution is 0.374. The van der Waals surface area contributed by atoms with Gasteiger partial charge in [0.2, 0.25) is 0 Å². The maximum absolute atomic E-state index is 10.7. The van der Waals surface area contributed by atoms with Crippen molar-refractivity contribution < 1.29 is 5.11 Å². The molecule has 8 nitrogen and oxygen atoms in total. The number of rotatable bonds is 4. The van der Waals surface area contributed by atoms with Crippen LogP contribution in [-0.4, -0.2) is 48.0 Å². The van der Waals surface area contributed by atoms with Crippen LogP contribution in [0.15, 0.2) is 42.9 Å². The van der Waals surface area contributed by atoms with E-state index >= 15 is 0 Å². The standard InChI is InChI=1S/C23H27N7O/c1-24-18-5-3-4-6-19(11-18)30-23-16(12-26-30)9-21(27-28-23)20-8-7-15(10-22(20)31)17-13-25-29(2)14-17/h7-10,12-14,18-19,24,31H,3-6,11H2,1-2H3/t18-,19+/m0/s1. The van der Waals surface area contributed by atoms with Gasteiger partial charge in [-0.25, -0.2) is 4.68 Å². The molecule has 0 bridgehead atoms. The van der Waals surface area contributed by atoms with E-state index in [2.05, 4.69) is 25.7 Å². The Labute approximate surface area is 180 Å². The Morgan fingerprint density at radius 2 is 1.90 bits per heavy atom. The van der Waals surface area contributed by atoms with Crippen LogP contribution in [0.4, 0.5) is 0 Å². The van der Waals surface area contributed by atoms with Crippen molar-refractivity contribution in [3.63, 3.8) is 0 Å². The molecular weight excluding hydrogens is 390 g/mol. The van der Waals surface area contributed by atoms with E-state index < -0.39 is 0 Å². The Morgan fingerprint density at radius 3 is 2.68 bits per heavy atom. The van der Waals surface area contributed by atoms with Crippen LogP contribution in [0.1, 0.15) is 38.1 Å². The van der Waals surface area contributed by atoms with Gasteiger partial charge >= 0.3 is 0 Å². The summed E-state index contributed by atoms with van der Waals surface area (Å²) in [7, 11) is 3.91. The molecule has 1 saturated carbocycles. The summed E-state index contributed by atoms with van der Waals surface area (Å²) in [6, 6.07) is 8.37. The van der Waals surface area contributed by atoms with Gasteiger partial charge in [0.05, 0.1) is 24.1 Å². The van der Waals surface area contributed by atoms with Gasteiger partial charge < -0.3 is 10.4 Å². The first-order chi connectivity index (χ1) is 15.1. The van der Waals surface area contributed by atoms with Crippen molar-refractivity contribution in [3.05, 3.63) is 42.9 Å². The second kappa shape index (κ2) is 8.11. The third-order valence-electron chi connectivity index (χ3n) is 6.30. The molecule has 8 heteroatoms. The molecule has 4 aromatic rings. The van der Waals surface area contributed by atoms with Gasteiger partial charge in [0, 0.05) is 35.8 Å². The van der Waals surface area contributed by atoms with Crippen molar-refractivity contribution in [1.82, 2.24) is 35.1 Å². The number of phenols is 1. The number of hydrogen-bond donors (Lipinski definition) is 2. The van der Waals surface area contributed by atoms with E-state index in [1.54, 1.807) is 16.9 Å². The average Bonchev–Trinajstić information content (AvgIpc) is 3.32. The third-order valence-corrected chi connectivity index (χ3v) is 6.30. The highest BCUT2D eigenvalue weighted by Crippen LogP contribution is 2.34. The molecule has 1 fully saturated rings. The van der Waals surface area contributed by atoms with Gasteiger partial charge in [-0.1, -0.05) is 18.9 Å². The molecule has 5 rings (SSSR count). The molecule has 0 unspecified atom stereocenters. The lowest BCUT2D eigenvalue weighted by Crippen LogP contribution is -2.27. The summed E-state index contributed by atoms with van der Waals surface area (Å²) >= 11 is 0. The van der Waals surface area contributed by atoms with E-state index in [4.69, 9.17) is 0 Å². The van der Waals surface area contributed by atoms with Gasteiger partial charge in [-0.2, -0.15) is 10.2 Å². The van der Waals surface area contributed by atoms with Crippen molar-refractivity contribution >= 4 is 11.0 Å². The first-order valence-electron chi connectivity index (χ1n) is 10.8. The maximum Gasteiger partial charge on any atom is 0.180 e. The summed E-state index contributed by atoms with van der Waals surface area (Å²) in [5.41, 5.74) is 3.95. The first-order valence-corrected chi connectivity index (χ1v) is 10.8. The highest BCUT2D eigenvalue weighted by Gasteiger charge is 2.23. The fourth-order valence-electron chi connectivity index (χ4n) is 4.57. The van der Waals surface area contributed by atoms with Crippen LogP contribution in [0.3, 0.4) is 0 Å². The molecule has 3 heterocycles. The Kier molecular flexibility index (Phi) is 5.15. The van der Waals surface area contributed by atoms with E-state index in [1.165, 1.54) is 19.3 Å². The van der Waals surface area contributed by atoms with Gasteiger partial charge in [0.1, 0.15) is 5.75 Å². The number of phenolic OH excluding ortho intramolecular Hbond substituents is 1. The normalized spacial score (nSPS) is 19.5. The van der Waals surface area contributed by atoms with Crippen molar-refractivity contribution in [3.8, 4) is 28.1 Å². The molecule has 1 aliphatic rings. The molecule has 0 amide bonds. The van der Waals surface area contributed by atoms with Crippen molar-refractivity contribution in [1.29, 1.82) is 0 Å². The van der Waals surface area contributed by atoms with Crippen molar-refractivity contribution in [2.45, 2.75) is 44.2 Å². The quantitative estimate of drug-likeness (QED) is 0.492. The molecular formula is C23H27N7O. The van der Waals surface area contributed by atoms with E-state index in [0.29, 0.717) is 23.3 Å². The fourth-order valence-corrected chi connectivity index (χ4v) is 4.57. The van der Waals surface area contributed by atoms with E-state index in [9.17, 15) is 5.11 Å². The van der Waals surface area contributed by atoms with Crippen LogP contribution in [-0.2, 0) is 7.05 Å². The molecule has 0 aliphatic heterocycles. The predicted octanol–water partition coefficient (Wildman–Crippen LogP) is 3.69. The van der Waals surface area contributed by atoms with Crippen LogP contribution >= 0.6 is 0 Å². The molecule has 160 valence electrons. The summed E-state index contributed by atoms with van der Waals surface area (Å²) in [5.74, 6) is 0.169. The molecule has 0 radical (unpaired) electrons. The Hall–Kier alpha value is -3.26. The van der Waals surface area contributed by atoms with Gasteiger partial charge in [-0.15, -0.1) is 10.2 Å². The minimum atomic E-state index is 0.169. The number of fused-ring (bicyclic) bond motifs is 1. The van der Waals surface area contributed by atoms with E-state index in [-0.39, 0.29) is 5.75 Å². The highest BCUT2D eigenvalue weighted by molar-refractivity contribution is 5.81. The van der Waals surface area contributed by atoms with Crippen LogP contribution in [0.2, 0.25) is 0 Å². The molecule has 1 aromatic carbocycles. The zero-order valence-corrected chi connectivity index (χ0v) is 17.9. The second-order valence-electron chi connectivity index (χ2n) is 8.39. The van der Waals surface area contributed by atoms with Crippen LogP contribution in [0, 0.1) is 0 Å².